The second-order valence-corrected chi connectivity index (χ2v) is 8.61. The molecule has 9 heteroatoms. The topological polar surface area (TPSA) is 110 Å². The van der Waals surface area contributed by atoms with Crippen molar-refractivity contribution in [2.45, 2.75) is 30.1 Å². The van der Waals surface area contributed by atoms with Crippen molar-refractivity contribution in [1.29, 1.82) is 5.41 Å². The Kier molecular flexibility index (Phi) is 9.14. The van der Waals surface area contributed by atoms with Crippen LogP contribution in [0.5, 0.6) is 0 Å². The summed E-state index contributed by atoms with van der Waals surface area (Å²) in [7, 11) is 0. The Balaban J connectivity index is 2.12. The summed E-state index contributed by atoms with van der Waals surface area (Å²) in [5.74, 6) is -1.62. The molecule has 0 aliphatic rings. The van der Waals surface area contributed by atoms with Crippen LogP contribution in [0.4, 0.5) is 5.69 Å². The van der Waals surface area contributed by atoms with Gasteiger partial charge >= 0.3 is 5.97 Å². The zero-order valence-corrected chi connectivity index (χ0v) is 19.4. The largest absolute Gasteiger partial charge is 0.466 e. The Morgan fingerprint density at radius 2 is 2.03 bits per heavy atom. The first-order valence-corrected chi connectivity index (χ1v) is 11.0. The first-order valence-electron chi connectivity index (χ1n) is 9.39. The molecule has 7 nitrogen and oxygen atoms in total. The summed E-state index contributed by atoms with van der Waals surface area (Å²) in [5, 5.41) is 19.4. The minimum absolute atomic E-state index is 0.0373. The van der Waals surface area contributed by atoms with Crippen molar-refractivity contribution in [2.24, 2.45) is 5.92 Å². The van der Waals surface area contributed by atoms with E-state index in [1.54, 1.807) is 26.0 Å². The number of nitrogens with zero attached hydrogens (tertiary/aromatic N) is 1. The molecule has 0 amide bonds. The number of carbonyl (C=O) groups excluding carboxylic acids is 2. The number of ketones is 1. The smallest absolute Gasteiger partial charge is 0.309 e. The van der Waals surface area contributed by atoms with Crippen LogP contribution in [0, 0.1) is 21.4 Å². The number of carbonyl (C=O) groups is 2. The van der Waals surface area contributed by atoms with Gasteiger partial charge in [-0.05, 0) is 42.8 Å². The molecular formula is C22H21BrN2O5S. The molecule has 2 aromatic rings. The molecule has 0 heterocycles. The summed E-state index contributed by atoms with van der Waals surface area (Å²) in [6.45, 7) is 3.51. The van der Waals surface area contributed by atoms with Crippen LogP contribution in [0.2, 0.25) is 0 Å². The van der Waals surface area contributed by atoms with E-state index in [0.29, 0.717) is 10.5 Å². The maximum atomic E-state index is 12.2. The lowest BCUT2D eigenvalue weighted by Gasteiger charge is -2.09. The van der Waals surface area contributed by atoms with Crippen LogP contribution < -0.4 is 0 Å². The van der Waals surface area contributed by atoms with Crippen LogP contribution in [-0.4, -0.2) is 29.0 Å². The standard InChI is InChI=1S/C22H21BrN2O5S/c1-3-30-22(27)14(2)11-18(24)20(26)9-7-15-8-10-21(19(12-15)25(28)29)31-17-6-4-5-16(23)13-17/h4-10,12-14,24H,3,11H2,1-2H3/b9-7+,24-18?. The van der Waals surface area contributed by atoms with E-state index in [1.165, 1.54) is 30.0 Å². The molecule has 0 spiro atoms. The van der Waals surface area contributed by atoms with Gasteiger partial charge in [-0.15, -0.1) is 0 Å². The molecule has 2 rings (SSSR count). The number of allylic oxidation sites excluding steroid dienone is 1. The van der Waals surface area contributed by atoms with Crippen LogP contribution in [-0.2, 0) is 14.3 Å². The van der Waals surface area contributed by atoms with Gasteiger partial charge in [0, 0.05) is 21.9 Å². The van der Waals surface area contributed by atoms with Crippen molar-refractivity contribution in [3.63, 3.8) is 0 Å². The maximum absolute atomic E-state index is 12.2. The first-order chi connectivity index (χ1) is 14.7. The molecule has 31 heavy (non-hydrogen) atoms. The number of halogens is 1. The third-order valence-corrected chi connectivity index (χ3v) is 5.68. The lowest BCUT2D eigenvalue weighted by atomic mass is 10.0. The van der Waals surface area contributed by atoms with Crippen molar-refractivity contribution in [1.82, 2.24) is 0 Å². The van der Waals surface area contributed by atoms with Gasteiger partial charge in [-0.3, -0.25) is 19.7 Å². The maximum Gasteiger partial charge on any atom is 0.309 e. The molecule has 0 bridgehead atoms. The van der Waals surface area contributed by atoms with Gasteiger partial charge in [-0.25, -0.2) is 0 Å². The quantitative estimate of drug-likeness (QED) is 0.146. The first kappa shape index (κ1) is 24.5. The van der Waals surface area contributed by atoms with E-state index in [2.05, 4.69) is 15.9 Å². The van der Waals surface area contributed by atoms with Gasteiger partial charge in [0.25, 0.3) is 5.69 Å². The minimum atomic E-state index is -0.597. The molecule has 0 radical (unpaired) electrons. The number of nitro groups is 1. The molecule has 0 fully saturated rings. The zero-order valence-electron chi connectivity index (χ0n) is 17.0. The summed E-state index contributed by atoms with van der Waals surface area (Å²) >= 11 is 4.65. The predicted molar refractivity (Wildman–Crippen MR) is 124 cm³/mol. The molecule has 1 N–H and O–H groups in total. The number of nitrogens with one attached hydrogen (secondary N) is 1. The molecule has 0 aliphatic heterocycles. The highest BCUT2D eigenvalue weighted by molar-refractivity contribution is 9.10. The summed E-state index contributed by atoms with van der Waals surface area (Å²) in [4.78, 5) is 36.2. The molecule has 0 saturated heterocycles. The SMILES string of the molecule is CCOC(=O)C(C)CC(=N)C(=O)/C=C/c1ccc(Sc2cccc(Br)c2)c([N+](=O)[O-])c1. The Hall–Kier alpha value is -2.78. The van der Waals surface area contributed by atoms with E-state index in [-0.39, 0.29) is 24.4 Å². The van der Waals surface area contributed by atoms with Crippen LogP contribution in [0.15, 0.2) is 62.8 Å². The van der Waals surface area contributed by atoms with Crippen LogP contribution in [0.25, 0.3) is 6.08 Å². The molecular weight excluding hydrogens is 484 g/mol. The zero-order chi connectivity index (χ0) is 23.0. The van der Waals surface area contributed by atoms with Crippen molar-refractivity contribution in [3.8, 4) is 0 Å². The van der Waals surface area contributed by atoms with Gasteiger partial charge in [0.05, 0.1) is 28.1 Å². The normalized spacial score (nSPS) is 11.8. The number of nitro benzene ring substituents is 1. The van der Waals surface area contributed by atoms with E-state index in [9.17, 15) is 19.7 Å². The second kappa shape index (κ2) is 11.6. The number of ether oxygens (including phenoxy) is 1. The molecule has 1 atom stereocenters. The van der Waals surface area contributed by atoms with Gasteiger partial charge < -0.3 is 10.1 Å². The van der Waals surface area contributed by atoms with Crippen molar-refractivity contribution in [3.05, 3.63) is 68.7 Å². The van der Waals surface area contributed by atoms with Gasteiger partial charge in [0.2, 0.25) is 0 Å². The van der Waals surface area contributed by atoms with E-state index in [1.807, 2.05) is 24.3 Å². The highest BCUT2D eigenvalue weighted by atomic mass is 79.9. The Morgan fingerprint density at radius 3 is 2.68 bits per heavy atom. The number of esters is 1. The number of rotatable bonds is 10. The van der Waals surface area contributed by atoms with Gasteiger partial charge in [0.1, 0.15) is 0 Å². The average molecular weight is 505 g/mol. The molecule has 1 unspecified atom stereocenters. The number of benzene rings is 2. The minimum Gasteiger partial charge on any atom is -0.466 e. The fourth-order valence-corrected chi connectivity index (χ4v) is 4.08. The lowest BCUT2D eigenvalue weighted by molar-refractivity contribution is -0.387. The van der Waals surface area contributed by atoms with E-state index >= 15 is 0 Å². The third-order valence-electron chi connectivity index (χ3n) is 4.13. The Morgan fingerprint density at radius 1 is 1.29 bits per heavy atom. The predicted octanol–water partition coefficient (Wildman–Crippen LogP) is 5.70. The van der Waals surface area contributed by atoms with Crippen molar-refractivity contribution >= 4 is 56.9 Å². The lowest BCUT2D eigenvalue weighted by Crippen LogP contribution is -2.21. The molecule has 2 aromatic carbocycles. The number of hydrogen-bond donors (Lipinski definition) is 1. The fraction of sp³-hybridized carbons (Fsp3) is 0.227. The average Bonchev–Trinajstić information content (AvgIpc) is 2.72. The summed E-state index contributed by atoms with van der Waals surface area (Å²) in [6, 6.07) is 12.1. The van der Waals surface area contributed by atoms with Crippen LogP contribution in [0.3, 0.4) is 0 Å². The fourth-order valence-electron chi connectivity index (χ4n) is 2.57. The van der Waals surface area contributed by atoms with Crippen molar-refractivity contribution < 1.29 is 19.2 Å². The Labute approximate surface area is 192 Å². The van der Waals surface area contributed by atoms with E-state index < -0.39 is 22.6 Å². The molecule has 0 aromatic heterocycles. The summed E-state index contributed by atoms with van der Waals surface area (Å²) in [6.07, 6.45) is 2.57. The second-order valence-electron chi connectivity index (χ2n) is 6.58. The molecule has 0 saturated carbocycles. The van der Waals surface area contributed by atoms with Crippen molar-refractivity contribution in [2.75, 3.05) is 6.61 Å². The number of hydrogen-bond acceptors (Lipinski definition) is 7. The van der Waals surface area contributed by atoms with Gasteiger partial charge in [-0.1, -0.05) is 52.8 Å². The monoisotopic (exact) mass is 504 g/mol. The van der Waals surface area contributed by atoms with E-state index in [4.69, 9.17) is 10.1 Å². The molecule has 162 valence electrons. The van der Waals surface area contributed by atoms with Gasteiger partial charge in [-0.2, -0.15) is 0 Å². The van der Waals surface area contributed by atoms with Crippen LogP contribution >= 0.6 is 27.7 Å². The third kappa shape index (κ3) is 7.45. The highest BCUT2D eigenvalue weighted by Gasteiger charge is 2.19. The van der Waals surface area contributed by atoms with Crippen LogP contribution in [0.1, 0.15) is 25.8 Å². The summed E-state index contributed by atoms with van der Waals surface area (Å²) in [5.41, 5.74) is 0.156. The summed E-state index contributed by atoms with van der Waals surface area (Å²) < 4.78 is 5.75. The van der Waals surface area contributed by atoms with Gasteiger partial charge in [0.15, 0.2) is 5.78 Å². The molecule has 0 aliphatic carbocycles. The van der Waals surface area contributed by atoms with E-state index in [0.717, 1.165) is 9.37 Å². The Bertz CT molecular complexity index is 1040. The highest BCUT2D eigenvalue weighted by Crippen LogP contribution is 2.36.